The second-order valence-electron chi connectivity index (χ2n) is 4.12. The lowest BCUT2D eigenvalue weighted by atomic mass is 10.2. The molecule has 7 heteroatoms. The minimum absolute atomic E-state index is 0.0639. The second kappa shape index (κ2) is 4.50. The van der Waals surface area contributed by atoms with Gasteiger partial charge in [-0.1, -0.05) is 35.7 Å². The van der Waals surface area contributed by atoms with E-state index in [4.69, 9.17) is 5.73 Å². The lowest BCUT2D eigenvalue weighted by Gasteiger charge is -2.33. The van der Waals surface area contributed by atoms with Crippen LogP contribution in [0.15, 0.2) is 39.1 Å². The molecule has 0 bridgehead atoms. The second-order valence-corrected chi connectivity index (χ2v) is 6.62. The fraction of sp³-hybridized carbons (Fsp3) is 0.167. The summed E-state index contributed by atoms with van der Waals surface area (Å²) >= 11 is 2.72. The molecule has 1 amide bonds. The molecule has 98 valence electrons. The van der Waals surface area contributed by atoms with Crippen LogP contribution in [0.1, 0.15) is 6.42 Å². The number of nitrogens with zero attached hydrogens (tertiary/aromatic N) is 1. The number of benzene rings is 1. The molecule has 2 aliphatic heterocycles. The van der Waals surface area contributed by atoms with E-state index in [0.29, 0.717) is 16.3 Å². The number of nitrogen functional groups attached to an aromatic ring is 1. The van der Waals surface area contributed by atoms with Crippen molar-refractivity contribution >= 4 is 41.1 Å². The summed E-state index contributed by atoms with van der Waals surface area (Å²) < 4.78 is 0.626. The number of nitrogens with two attached hydrogens (primary N) is 1. The van der Waals surface area contributed by atoms with Crippen LogP contribution in [-0.2, 0) is 9.59 Å². The van der Waals surface area contributed by atoms with Crippen molar-refractivity contribution in [2.45, 2.75) is 16.7 Å². The largest absolute Gasteiger partial charge is 0.477 e. The van der Waals surface area contributed by atoms with Crippen LogP contribution in [0, 0.1) is 0 Å². The Hall–Kier alpha value is -1.60. The van der Waals surface area contributed by atoms with Gasteiger partial charge in [0.1, 0.15) is 0 Å². The average Bonchev–Trinajstić information content (AvgIpc) is 2.65. The van der Waals surface area contributed by atoms with Crippen LogP contribution in [0.5, 0.6) is 0 Å². The zero-order valence-electron chi connectivity index (χ0n) is 9.70. The van der Waals surface area contributed by atoms with Gasteiger partial charge in [-0.05, 0) is 12.1 Å². The first-order valence-corrected chi connectivity index (χ1v) is 7.26. The Balaban J connectivity index is 1.94. The number of carbonyl (C=O) groups is 2. The SMILES string of the molecule is Nc1ccccc1SC1=C(C(=O)O)N2C(=O)C[C@@H]2S1. The highest BCUT2D eigenvalue weighted by Gasteiger charge is 2.48. The van der Waals surface area contributed by atoms with Gasteiger partial charge in [0.15, 0.2) is 5.70 Å². The van der Waals surface area contributed by atoms with E-state index < -0.39 is 5.97 Å². The number of para-hydroxylation sites is 1. The Labute approximate surface area is 117 Å². The number of hydrogen-bond donors (Lipinski definition) is 2. The van der Waals surface area contributed by atoms with Gasteiger partial charge >= 0.3 is 5.97 Å². The van der Waals surface area contributed by atoms with Crippen molar-refractivity contribution in [1.29, 1.82) is 0 Å². The number of carboxylic acids is 1. The zero-order chi connectivity index (χ0) is 13.6. The van der Waals surface area contributed by atoms with Crippen LogP contribution in [-0.4, -0.2) is 27.3 Å². The molecule has 1 saturated heterocycles. The van der Waals surface area contributed by atoms with Gasteiger partial charge in [-0.2, -0.15) is 0 Å². The Morgan fingerprint density at radius 3 is 2.84 bits per heavy atom. The number of fused-ring (bicyclic) bond motifs is 1. The maximum atomic E-state index is 11.5. The Bertz CT molecular complexity index is 615. The average molecular weight is 294 g/mol. The first kappa shape index (κ1) is 12.4. The molecule has 0 saturated carbocycles. The molecule has 1 aromatic rings. The molecule has 2 aliphatic rings. The van der Waals surface area contributed by atoms with E-state index in [1.165, 1.54) is 28.4 Å². The van der Waals surface area contributed by atoms with Crippen molar-refractivity contribution in [3.8, 4) is 0 Å². The third-order valence-corrected chi connectivity index (χ3v) is 5.47. The minimum Gasteiger partial charge on any atom is -0.477 e. The lowest BCUT2D eigenvalue weighted by molar-refractivity contribution is -0.145. The molecule has 0 aromatic heterocycles. The standard InChI is InChI=1S/C12H10N2O3S2/c13-6-3-1-2-4-7(6)18-12-10(11(16)17)14-8(15)5-9(14)19-12/h1-4,9H,5,13H2,(H,16,17)/t9-/m0/s1. The van der Waals surface area contributed by atoms with Crippen molar-refractivity contribution in [2.75, 3.05) is 5.73 Å². The molecule has 1 atom stereocenters. The molecular weight excluding hydrogens is 284 g/mol. The van der Waals surface area contributed by atoms with E-state index in [1.54, 1.807) is 6.07 Å². The van der Waals surface area contributed by atoms with Crippen LogP contribution in [0.25, 0.3) is 0 Å². The third kappa shape index (κ3) is 1.98. The van der Waals surface area contributed by atoms with Gasteiger partial charge in [0.25, 0.3) is 0 Å². The van der Waals surface area contributed by atoms with E-state index in [9.17, 15) is 14.7 Å². The van der Waals surface area contributed by atoms with E-state index in [0.717, 1.165) is 4.90 Å². The number of amides is 1. The van der Waals surface area contributed by atoms with Crippen LogP contribution < -0.4 is 5.73 Å². The normalized spacial score (nSPS) is 21.4. The summed E-state index contributed by atoms with van der Waals surface area (Å²) in [5.74, 6) is -1.20. The number of β-lactam (4-membered cyclic amide) rings is 1. The van der Waals surface area contributed by atoms with Gasteiger partial charge in [0, 0.05) is 10.6 Å². The molecule has 5 nitrogen and oxygen atoms in total. The van der Waals surface area contributed by atoms with Gasteiger partial charge in [-0.3, -0.25) is 9.69 Å². The quantitative estimate of drug-likeness (QED) is 0.654. The maximum Gasteiger partial charge on any atom is 0.354 e. The van der Waals surface area contributed by atoms with Crippen molar-refractivity contribution < 1.29 is 14.7 Å². The highest BCUT2D eigenvalue weighted by Crippen LogP contribution is 2.52. The van der Waals surface area contributed by atoms with Gasteiger partial charge < -0.3 is 10.8 Å². The summed E-state index contributed by atoms with van der Waals surface area (Å²) in [6, 6.07) is 7.27. The number of aliphatic carboxylic acids is 1. The summed E-state index contributed by atoms with van der Waals surface area (Å²) in [5, 5.41) is 9.20. The molecule has 3 N–H and O–H groups in total. The Morgan fingerprint density at radius 1 is 1.47 bits per heavy atom. The predicted octanol–water partition coefficient (Wildman–Crippen LogP) is 1.92. The molecule has 2 heterocycles. The van der Waals surface area contributed by atoms with Crippen molar-refractivity contribution in [3.05, 3.63) is 34.2 Å². The van der Waals surface area contributed by atoms with Crippen molar-refractivity contribution in [1.82, 2.24) is 4.90 Å². The number of thioether (sulfide) groups is 2. The molecule has 0 spiro atoms. The number of rotatable bonds is 3. The molecular formula is C12H10N2O3S2. The summed E-state index contributed by atoms with van der Waals surface area (Å²) in [6.07, 6.45) is 0.399. The lowest BCUT2D eigenvalue weighted by Crippen LogP contribution is -2.48. The van der Waals surface area contributed by atoms with E-state index >= 15 is 0 Å². The smallest absolute Gasteiger partial charge is 0.354 e. The minimum atomic E-state index is -1.07. The van der Waals surface area contributed by atoms with Crippen LogP contribution in [0.2, 0.25) is 0 Å². The molecule has 19 heavy (non-hydrogen) atoms. The number of carbonyl (C=O) groups excluding carboxylic acids is 1. The van der Waals surface area contributed by atoms with Crippen molar-refractivity contribution in [2.24, 2.45) is 0 Å². The van der Waals surface area contributed by atoms with Gasteiger partial charge in [-0.15, -0.1) is 0 Å². The third-order valence-electron chi connectivity index (χ3n) is 2.91. The van der Waals surface area contributed by atoms with E-state index in [2.05, 4.69) is 0 Å². The summed E-state index contributed by atoms with van der Waals surface area (Å²) in [4.78, 5) is 24.9. The zero-order valence-corrected chi connectivity index (χ0v) is 11.3. The van der Waals surface area contributed by atoms with E-state index in [1.807, 2.05) is 18.2 Å². The van der Waals surface area contributed by atoms with E-state index in [-0.39, 0.29) is 17.0 Å². The van der Waals surface area contributed by atoms with Crippen LogP contribution >= 0.6 is 23.5 Å². The molecule has 3 rings (SSSR count). The highest BCUT2D eigenvalue weighted by atomic mass is 32.2. The molecule has 0 aliphatic carbocycles. The highest BCUT2D eigenvalue weighted by molar-refractivity contribution is 8.22. The summed E-state index contributed by atoms with van der Waals surface area (Å²) in [6.45, 7) is 0. The summed E-state index contributed by atoms with van der Waals surface area (Å²) in [5.41, 5.74) is 6.54. The maximum absolute atomic E-state index is 11.5. The van der Waals surface area contributed by atoms with Crippen LogP contribution in [0.3, 0.4) is 0 Å². The first-order valence-electron chi connectivity index (χ1n) is 5.56. The monoisotopic (exact) mass is 294 g/mol. The first-order chi connectivity index (χ1) is 9.08. The molecule has 1 fully saturated rings. The number of carboxylic acid groups (broad SMARTS) is 1. The summed E-state index contributed by atoms with van der Waals surface area (Å²) in [7, 11) is 0. The number of hydrogen-bond acceptors (Lipinski definition) is 5. The number of anilines is 1. The topological polar surface area (TPSA) is 83.6 Å². The molecule has 0 unspecified atom stereocenters. The van der Waals surface area contributed by atoms with Crippen molar-refractivity contribution in [3.63, 3.8) is 0 Å². The Kier molecular flexibility index (Phi) is 2.94. The fourth-order valence-electron chi connectivity index (χ4n) is 1.96. The Morgan fingerprint density at radius 2 is 2.21 bits per heavy atom. The van der Waals surface area contributed by atoms with Gasteiger partial charge in [-0.25, -0.2) is 4.79 Å². The molecule has 0 radical (unpaired) electrons. The molecule has 1 aromatic carbocycles. The van der Waals surface area contributed by atoms with Gasteiger partial charge in [0.2, 0.25) is 5.91 Å². The van der Waals surface area contributed by atoms with Gasteiger partial charge in [0.05, 0.1) is 16.0 Å². The predicted molar refractivity (Wildman–Crippen MR) is 74.2 cm³/mol. The van der Waals surface area contributed by atoms with Crippen LogP contribution in [0.4, 0.5) is 5.69 Å². The fourth-order valence-corrected chi connectivity index (χ4v) is 4.67.